The molecule has 0 radical (unpaired) electrons. The lowest BCUT2D eigenvalue weighted by Gasteiger charge is -2.34. The molecule has 7 nitrogen and oxygen atoms in total. The summed E-state index contributed by atoms with van der Waals surface area (Å²) in [7, 11) is 1.62. The summed E-state index contributed by atoms with van der Waals surface area (Å²) in [6.07, 6.45) is 2.29. The summed E-state index contributed by atoms with van der Waals surface area (Å²) < 4.78 is 11.1. The lowest BCUT2D eigenvalue weighted by atomic mass is 10.0. The number of para-hydroxylation sites is 1. The Kier molecular flexibility index (Phi) is 5.31. The molecular weight excluding hydrogens is 322 g/mol. The van der Waals surface area contributed by atoms with Gasteiger partial charge in [0.15, 0.2) is 11.5 Å². The van der Waals surface area contributed by atoms with Crippen molar-refractivity contribution >= 4 is 11.9 Å². The van der Waals surface area contributed by atoms with Crippen molar-refractivity contribution in [3.05, 3.63) is 23.8 Å². The van der Waals surface area contributed by atoms with E-state index in [4.69, 9.17) is 9.47 Å². The molecule has 0 unspecified atom stereocenters. The van der Waals surface area contributed by atoms with E-state index < -0.39 is 0 Å². The average Bonchev–Trinajstić information content (AvgIpc) is 2.61. The van der Waals surface area contributed by atoms with Crippen molar-refractivity contribution in [3.63, 3.8) is 0 Å². The highest BCUT2D eigenvalue weighted by Crippen LogP contribution is 2.34. The number of likely N-dealkylation sites (tertiary alicyclic amines) is 1. The minimum Gasteiger partial charge on any atom is -0.493 e. The van der Waals surface area contributed by atoms with Gasteiger partial charge in [0.2, 0.25) is 5.91 Å². The predicted octanol–water partition coefficient (Wildman–Crippen LogP) is 1.31. The number of hydrogen-bond acceptors (Lipinski definition) is 4. The minimum atomic E-state index is -0.0683. The first-order chi connectivity index (χ1) is 12.1. The molecule has 0 bridgehead atoms. The molecule has 1 atom stereocenters. The van der Waals surface area contributed by atoms with Gasteiger partial charge < -0.3 is 25.0 Å². The molecule has 1 fully saturated rings. The molecule has 2 aliphatic rings. The van der Waals surface area contributed by atoms with E-state index in [2.05, 4.69) is 10.6 Å². The quantitative estimate of drug-likeness (QED) is 0.864. The molecule has 3 amide bonds. The number of amides is 3. The number of methoxy groups -OCH3 is 1. The van der Waals surface area contributed by atoms with Gasteiger partial charge in [-0.15, -0.1) is 0 Å². The van der Waals surface area contributed by atoms with Crippen molar-refractivity contribution in [2.75, 3.05) is 26.8 Å². The van der Waals surface area contributed by atoms with E-state index >= 15 is 0 Å². The Labute approximate surface area is 147 Å². The Morgan fingerprint density at radius 1 is 1.20 bits per heavy atom. The second kappa shape index (κ2) is 7.63. The highest BCUT2D eigenvalue weighted by Gasteiger charge is 2.27. The van der Waals surface area contributed by atoms with Gasteiger partial charge in [-0.1, -0.05) is 12.1 Å². The van der Waals surface area contributed by atoms with Crippen LogP contribution in [-0.4, -0.2) is 55.7 Å². The van der Waals surface area contributed by atoms with Crippen molar-refractivity contribution < 1.29 is 19.1 Å². The fourth-order valence-corrected chi connectivity index (χ4v) is 3.43. The standard InChI is InChI=1S/C18H25N3O4/c1-12(22)19-14-6-8-21(9-7-14)18(23)20-15-10-13-4-3-5-16(24-2)17(13)25-11-15/h3-5,14-15H,6-11H2,1-2H3,(H,19,22)(H,20,23)/t15-/m0/s1. The zero-order chi connectivity index (χ0) is 17.8. The molecule has 136 valence electrons. The van der Waals surface area contributed by atoms with Crippen LogP contribution in [0.2, 0.25) is 0 Å². The van der Waals surface area contributed by atoms with E-state index in [0.717, 1.165) is 36.3 Å². The number of carbonyl (C=O) groups excluding carboxylic acids is 2. The van der Waals surface area contributed by atoms with Gasteiger partial charge in [0.25, 0.3) is 0 Å². The number of urea groups is 1. The van der Waals surface area contributed by atoms with Gasteiger partial charge in [-0.2, -0.15) is 0 Å². The Bertz CT molecular complexity index is 641. The third kappa shape index (κ3) is 4.15. The third-order valence-electron chi connectivity index (χ3n) is 4.69. The van der Waals surface area contributed by atoms with E-state index in [9.17, 15) is 9.59 Å². The normalized spacial score (nSPS) is 20.2. The number of hydrogen-bond donors (Lipinski definition) is 2. The zero-order valence-electron chi connectivity index (χ0n) is 14.7. The maximum Gasteiger partial charge on any atom is 0.317 e. The number of carbonyl (C=O) groups is 2. The van der Waals surface area contributed by atoms with Crippen LogP contribution in [0.3, 0.4) is 0 Å². The molecule has 3 rings (SSSR count). The van der Waals surface area contributed by atoms with Crippen molar-refractivity contribution in [1.29, 1.82) is 0 Å². The van der Waals surface area contributed by atoms with Crippen LogP contribution in [0.25, 0.3) is 0 Å². The van der Waals surface area contributed by atoms with Gasteiger partial charge in [0, 0.05) is 31.6 Å². The summed E-state index contributed by atoms with van der Waals surface area (Å²) in [5, 5.41) is 5.97. The predicted molar refractivity (Wildman–Crippen MR) is 92.9 cm³/mol. The van der Waals surface area contributed by atoms with E-state index in [1.807, 2.05) is 18.2 Å². The number of rotatable bonds is 3. The molecule has 7 heteroatoms. The van der Waals surface area contributed by atoms with Crippen molar-refractivity contribution in [2.24, 2.45) is 0 Å². The monoisotopic (exact) mass is 347 g/mol. The molecule has 0 spiro atoms. The molecule has 2 N–H and O–H groups in total. The van der Waals surface area contributed by atoms with Gasteiger partial charge in [0.05, 0.1) is 13.2 Å². The largest absolute Gasteiger partial charge is 0.493 e. The number of piperidine rings is 1. The Balaban J connectivity index is 1.52. The number of fused-ring (bicyclic) bond motifs is 1. The first-order valence-electron chi connectivity index (χ1n) is 8.68. The third-order valence-corrected chi connectivity index (χ3v) is 4.69. The lowest BCUT2D eigenvalue weighted by molar-refractivity contribution is -0.119. The molecule has 25 heavy (non-hydrogen) atoms. The van der Waals surface area contributed by atoms with Crippen LogP contribution < -0.4 is 20.1 Å². The first kappa shape index (κ1) is 17.4. The summed E-state index contributed by atoms with van der Waals surface area (Å²) in [5.74, 6) is 1.48. The molecule has 1 aromatic rings. The second-order valence-electron chi connectivity index (χ2n) is 6.57. The fourth-order valence-electron chi connectivity index (χ4n) is 3.43. The smallest absolute Gasteiger partial charge is 0.317 e. The van der Waals surface area contributed by atoms with Crippen LogP contribution in [0.15, 0.2) is 18.2 Å². The number of benzene rings is 1. The van der Waals surface area contributed by atoms with Crippen LogP contribution in [0.5, 0.6) is 11.5 Å². The number of ether oxygens (including phenoxy) is 2. The molecule has 2 heterocycles. The van der Waals surface area contributed by atoms with Gasteiger partial charge in [-0.25, -0.2) is 4.79 Å². The Morgan fingerprint density at radius 3 is 2.64 bits per heavy atom. The van der Waals surface area contributed by atoms with Gasteiger partial charge in [-0.05, 0) is 25.3 Å². The van der Waals surface area contributed by atoms with E-state index in [1.54, 1.807) is 12.0 Å². The van der Waals surface area contributed by atoms with E-state index in [1.165, 1.54) is 6.92 Å². The zero-order valence-corrected chi connectivity index (χ0v) is 14.7. The summed E-state index contributed by atoms with van der Waals surface area (Å²) in [6, 6.07) is 5.84. The summed E-state index contributed by atoms with van der Waals surface area (Å²) in [6.45, 7) is 3.25. The molecule has 0 saturated carbocycles. The lowest BCUT2D eigenvalue weighted by Crippen LogP contribution is -2.53. The van der Waals surface area contributed by atoms with Crippen molar-refractivity contribution in [1.82, 2.24) is 15.5 Å². The minimum absolute atomic E-state index is 0.0173. The topological polar surface area (TPSA) is 79.9 Å². The van der Waals surface area contributed by atoms with Gasteiger partial charge in [-0.3, -0.25) is 4.79 Å². The SMILES string of the molecule is COc1cccc2c1OC[C@@H](NC(=O)N1CCC(NC(C)=O)CC1)C2. The van der Waals surface area contributed by atoms with E-state index in [-0.39, 0.29) is 24.0 Å². The molecule has 0 aliphatic carbocycles. The second-order valence-corrected chi connectivity index (χ2v) is 6.57. The van der Waals surface area contributed by atoms with Gasteiger partial charge in [0.1, 0.15) is 6.61 Å². The summed E-state index contributed by atoms with van der Waals surface area (Å²) >= 11 is 0. The highest BCUT2D eigenvalue weighted by atomic mass is 16.5. The van der Waals surface area contributed by atoms with Gasteiger partial charge >= 0.3 is 6.03 Å². The number of nitrogens with zero attached hydrogens (tertiary/aromatic N) is 1. The van der Waals surface area contributed by atoms with Crippen molar-refractivity contribution in [2.45, 2.75) is 38.3 Å². The van der Waals surface area contributed by atoms with Crippen molar-refractivity contribution in [3.8, 4) is 11.5 Å². The highest BCUT2D eigenvalue weighted by molar-refractivity contribution is 5.75. The summed E-state index contributed by atoms with van der Waals surface area (Å²) in [4.78, 5) is 25.4. The first-order valence-corrected chi connectivity index (χ1v) is 8.68. The molecule has 1 aromatic carbocycles. The maximum absolute atomic E-state index is 12.5. The molecule has 1 saturated heterocycles. The Hall–Kier alpha value is -2.44. The molecule has 0 aromatic heterocycles. The molecular formula is C18H25N3O4. The Morgan fingerprint density at radius 2 is 1.96 bits per heavy atom. The fraction of sp³-hybridized carbons (Fsp3) is 0.556. The van der Waals surface area contributed by atoms with Crippen LogP contribution >= 0.6 is 0 Å². The average molecular weight is 347 g/mol. The maximum atomic E-state index is 12.5. The van der Waals surface area contributed by atoms with Crippen LogP contribution in [0.1, 0.15) is 25.3 Å². The van der Waals surface area contributed by atoms with E-state index in [0.29, 0.717) is 19.7 Å². The van der Waals surface area contributed by atoms with Crippen LogP contribution in [0, 0.1) is 0 Å². The summed E-state index contributed by atoms with van der Waals surface area (Å²) in [5.41, 5.74) is 1.04. The van der Waals surface area contributed by atoms with Crippen LogP contribution in [-0.2, 0) is 11.2 Å². The molecule has 2 aliphatic heterocycles. The van der Waals surface area contributed by atoms with Crippen LogP contribution in [0.4, 0.5) is 4.79 Å². The number of nitrogens with one attached hydrogen (secondary N) is 2.